The fraction of sp³-hybridized carbons (Fsp3) is 0.400. The van der Waals surface area contributed by atoms with Crippen LogP contribution in [0.15, 0.2) is 60.7 Å². The Hall–Kier alpha value is -2.84. The summed E-state index contributed by atoms with van der Waals surface area (Å²) in [5.41, 5.74) is 1.34. The largest absolute Gasteiger partial charge is 0.461 e. The minimum atomic E-state index is -1.50. The molecule has 0 saturated carbocycles. The number of aliphatic hydroxyl groups is 1. The van der Waals surface area contributed by atoms with E-state index in [1.165, 1.54) is 4.90 Å². The molecule has 2 amide bonds. The van der Waals surface area contributed by atoms with Crippen LogP contribution in [-0.4, -0.2) is 57.1 Å². The van der Waals surface area contributed by atoms with Crippen LogP contribution in [0.1, 0.15) is 41.6 Å². The van der Waals surface area contributed by atoms with E-state index in [1.807, 2.05) is 30.3 Å². The van der Waals surface area contributed by atoms with Crippen LogP contribution in [0.4, 0.5) is 4.79 Å². The number of nitrogens with one attached hydrogen (secondary N) is 1. The minimum absolute atomic E-state index is 0.120. The summed E-state index contributed by atoms with van der Waals surface area (Å²) in [6, 6.07) is 17.3. The van der Waals surface area contributed by atoms with Crippen LogP contribution in [0.5, 0.6) is 0 Å². The summed E-state index contributed by atoms with van der Waals surface area (Å²) in [5, 5.41) is 13.8. The maximum absolute atomic E-state index is 12.6. The summed E-state index contributed by atoms with van der Waals surface area (Å²) in [7, 11) is 0. The van der Waals surface area contributed by atoms with Gasteiger partial charge in [0.1, 0.15) is 6.61 Å². The number of fused-ring (bicyclic) bond motifs is 1. The molecule has 2 N–H and O–H groups in total. The average molecular weight is 469 g/mol. The number of nitrogens with zero attached hydrogens (tertiary/aromatic N) is 1. The van der Waals surface area contributed by atoms with E-state index in [9.17, 15) is 19.5 Å². The highest BCUT2D eigenvalue weighted by atomic mass is 32.2. The number of hydrogen-bond acceptors (Lipinski definition) is 6. The van der Waals surface area contributed by atoms with Crippen LogP contribution in [-0.2, 0) is 16.1 Å². The smallest absolute Gasteiger partial charge is 0.320 e. The van der Waals surface area contributed by atoms with E-state index in [-0.39, 0.29) is 29.9 Å². The number of carbonyl (C=O) groups excluding carboxylic acids is 3. The lowest BCUT2D eigenvalue weighted by Crippen LogP contribution is -2.48. The summed E-state index contributed by atoms with van der Waals surface area (Å²) in [6.07, 6.45) is 1.26. The zero-order valence-corrected chi connectivity index (χ0v) is 19.1. The molecule has 33 heavy (non-hydrogen) atoms. The maximum Gasteiger partial charge on any atom is 0.320 e. The summed E-state index contributed by atoms with van der Waals surface area (Å²) in [5.74, 6) is -0.0284. The molecule has 2 heterocycles. The van der Waals surface area contributed by atoms with E-state index in [4.69, 9.17) is 4.74 Å². The van der Waals surface area contributed by atoms with Crippen molar-refractivity contribution < 1.29 is 24.2 Å². The number of esters is 1. The molecule has 2 aliphatic heterocycles. The molecule has 0 bridgehead atoms. The third-order valence-corrected chi connectivity index (χ3v) is 7.59. The molecule has 4 rings (SSSR count). The molecule has 2 saturated heterocycles. The molecule has 0 aromatic heterocycles. The fourth-order valence-electron chi connectivity index (χ4n) is 4.35. The number of carbonyl (C=O) groups is 3. The van der Waals surface area contributed by atoms with Gasteiger partial charge in [-0.2, -0.15) is 11.8 Å². The quantitative estimate of drug-likeness (QED) is 0.240. The van der Waals surface area contributed by atoms with Gasteiger partial charge in [0, 0.05) is 23.0 Å². The molecule has 7 nitrogen and oxygen atoms in total. The predicted octanol–water partition coefficient (Wildman–Crippen LogP) is 3.37. The van der Waals surface area contributed by atoms with Gasteiger partial charge in [0.2, 0.25) is 5.78 Å². The summed E-state index contributed by atoms with van der Waals surface area (Å²) < 4.78 is 5.32. The summed E-state index contributed by atoms with van der Waals surface area (Å²) in [4.78, 5) is 38.5. The van der Waals surface area contributed by atoms with Gasteiger partial charge in [-0.25, -0.2) is 4.79 Å². The van der Waals surface area contributed by atoms with Crippen molar-refractivity contribution >= 4 is 29.5 Å². The number of urea groups is 1. The Labute approximate surface area is 197 Å². The number of amides is 2. The van der Waals surface area contributed by atoms with Crippen LogP contribution in [0.3, 0.4) is 0 Å². The van der Waals surface area contributed by atoms with E-state index in [2.05, 4.69) is 5.32 Å². The standard InChI is InChI=1S/C25H28N2O5S/c28-21(32-15-17-9-3-1-4-10-17)14-8-7-13-20-22-19(16-33-20)27(25(31)26-22)24(30)23(29)18-11-5-2-6-12-18/h1-6,9-12,19-20,22,24,30H,7-8,13-16H2,(H,26,31). The Morgan fingerprint density at radius 3 is 2.52 bits per heavy atom. The molecule has 0 radical (unpaired) electrons. The normalized spacial score (nSPS) is 22.5. The summed E-state index contributed by atoms with van der Waals surface area (Å²) in [6.45, 7) is 0.286. The van der Waals surface area contributed by atoms with Gasteiger partial charge in [0.15, 0.2) is 6.23 Å². The van der Waals surface area contributed by atoms with Crippen molar-refractivity contribution in [2.24, 2.45) is 0 Å². The first-order valence-electron chi connectivity index (χ1n) is 11.2. The van der Waals surface area contributed by atoms with E-state index in [1.54, 1.807) is 42.1 Å². The molecule has 2 aliphatic rings. The average Bonchev–Trinajstić information content (AvgIpc) is 3.38. The van der Waals surface area contributed by atoms with Crippen molar-refractivity contribution in [1.29, 1.82) is 0 Å². The molecular formula is C25H28N2O5S. The molecule has 0 aliphatic carbocycles. The first-order chi connectivity index (χ1) is 16.0. The molecule has 174 valence electrons. The van der Waals surface area contributed by atoms with Gasteiger partial charge in [-0.15, -0.1) is 0 Å². The number of benzene rings is 2. The Balaban J connectivity index is 1.22. The zero-order chi connectivity index (χ0) is 23.2. The number of ether oxygens (including phenoxy) is 1. The van der Waals surface area contributed by atoms with Crippen molar-refractivity contribution in [3.8, 4) is 0 Å². The third-order valence-electron chi connectivity index (χ3n) is 6.10. The van der Waals surface area contributed by atoms with Crippen molar-refractivity contribution in [3.63, 3.8) is 0 Å². The fourth-order valence-corrected chi connectivity index (χ4v) is 5.95. The van der Waals surface area contributed by atoms with E-state index in [0.717, 1.165) is 24.8 Å². The second-order valence-electron chi connectivity index (χ2n) is 8.32. The SMILES string of the molecule is O=C(CCCCC1SCC2C1NC(=O)N2C(O)C(=O)c1ccccc1)OCc1ccccc1. The Kier molecular flexibility index (Phi) is 7.67. The highest BCUT2D eigenvalue weighted by molar-refractivity contribution is 8.00. The zero-order valence-electron chi connectivity index (χ0n) is 18.3. The second-order valence-corrected chi connectivity index (χ2v) is 9.59. The lowest BCUT2D eigenvalue weighted by molar-refractivity contribution is -0.145. The van der Waals surface area contributed by atoms with Gasteiger partial charge < -0.3 is 15.2 Å². The molecule has 2 aromatic rings. The highest BCUT2D eigenvalue weighted by Crippen LogP contribution is 2.38. The van der Waals surface area contributed by atoms with E-state index in [0.29, 0.717) is 17.7 Å². The topological polar surface area (TPSA) is 95.9 Å². The molecule has 0 spiro atoms. The first kappa shape index (κ1) is 23.3. The number of unbranched alkanes of at least 4 members (excludes halogenated alkanes) is 1. The summed E-state index contributed by atoms with van der Waals surface area (Å²) >= 11 is 1.74. The van der Waals surface area contributed by atoms with Gasteiger partial charge in [0.05, 0.1) is 12.1 Å². The van der Waals surface area contributed by atoms with Crippen molar-refractivity contribution in [2.75, 3.05) is 5.75 Å². The number of Topliss-reactive ketones (excluding diaryl/α,β-unsaturated/α-hetero) is 1. The Morgan fingerprint density at radius 1 is 1.09 bits per heavy atom. The Bertz CT molecular complexity index is 971. The van der Waals surface area contributed by atoms with Crippen molar-refractivity contribution in [3.05, 3.63) is 71.8 Å². The van der Waals surface area contributed by atoms with Crippen LogP contribution in [0, 0.1) is 0 Å². The number of thioether (sulfide) groups is 1. The highest BCUT2D eigenvalue weighted by Gasteiger charge is 2.51. The monoisotopic (exact) mass is 468 g/mol. The second kappa shape index (κ2) is 10.9. The molecule has 4 unspecified atom stereocenters. The minimum Gasteiger partial charge on any atom is -0.461 e. The maximum atomic E-state index is 12.6. The van der Waals surface area contributed by atoms with Gasteiger partial charge in [-0.1, -0.05) is 67.1 Å². The molecular weight excluding hydrogens is 440 g/mol. The molecule has 2 fully saturated rings. The number of ketones is 1. The van der Waals surface area contributed by atoms with Crippen LogP contribution >= 0.6 is 11.8 Å². The Morgan fingerprint density at radius 2 is 1.79 bits per heavy atom. The molecule has 4 atom stereocenters. The van der Waals surface area contributed by atoms with Crippen LogP contribution < -0.4 is 5.32 Å². The van der Waals surface area contributed by atoms with Gasteiger partial charge in [-0.05, 0) is 18.4 Å². The number of hydrogen-bond donors (Lipinski definition) is 2. The van der Waals surface area contributed by atoms with Gasteiger partial charge >= 0.3 is 12.0 Å². The van der Waals surface area contributed by atoms with Gasteiger partial charge in [0.25, 0.3) is 0 Å². The van der Waals surface area contributed by atoms with Gasteiger partial charge in [-0.3, -0.25) is 14.5 Å². The van der Waals surface area contributed by atoms with E-state index >= 15 is 0 Å². The van der Waals surface area contributed by atoms with Crippen LogP contribution in [0.2, 0.25) is 0 Å². The number of aliphatic hydroxyl groups excluding tert-OH is 1. The van der Waals surface area contributed by atoms with Crippen molar-refractivity contribution in [2.45, 2.75) is 55.9 Å². The first-order valence-corrected chi connectivity index (χ1v) is 12.3. The lowest BCUT2D eigenvalue weighted by atomic mass is 10.0. The van der Waals surface area contributed by atoms with Crippen molar-refractivity contribution in [1.82, 2.24) is 10.2 Å². The molecule has 8 heteroatoms. The molecule has 2 aromatic carbocycles. The predicted molar refractivity (Wildman–Crippen MR) is 126 cm³/mol. The van der Waals surface area contributed by atoms with E-state index < -0.39 is 18.0 Å². The number of rotatable bonds is 10. The van der Waals surface area contributed by atoms with Crippen LogP contribution in [0.25, 0.3) is 0 Å². The third kappa shape index (κ3) is 5.57. The lowest BCUT2D eigenvalue weighted by Gasteiger charge is -2.26.